The summed E-state index contributed by atoms with van der Waals surface area (Å²) in [6.07, 6.45) is 0. The van der Waals surface area contributed by atoms with Gasteiger partial charge in [0, 0.05) is 15.8 Å². The lowest BCUT2D eigenvalue weighted by Gasteiger charge is -2.08. The zero-order valence-corrected chi connectivity index (χ0v) is 11.8. The normalized spacial score (nSPS) is 10.3. The van der Waals surface area contributed by atoms with Crippen molar-refractivity contribution in [1.29, 1.82) is 0 Å². The number of carbonyl (C=O) groups excluding carboxylic acids is 1. The summed E-state index contributed by atoms with van der Waals surface area (Å²) in [5.74, 6) is -0.603. The molecule has 0 atom stereocenters. The Bertz CT molecular complexity index is 643. The number of carbonyl (C=O) groups is 1. The molecule has 5 heteroatoms. The molecule has 98 valence electrons. The van der Waals surface area contributed by atoms with E-state index >= 15 is 0 Å². The molecule has 0 saturated heterocycles. The largest absolute Gasteiger partial charge is 0.399 e. The summed E-state index contributed by atoms with van der Waals surface area (Å²) < 4.78 is 13.8. The fourth-order valence-corrected chi connectivity index (χ4v) is 2.06. The Hall–Kier alpha value is -1.88. The van der Waals surface area contributed by atoms with Gasteiger partial charge in [-0.2, -0.15) is 0 Å². The lowest BCUT2D eigenvalue weighted by molar-refractivity contribution is 0.102. The first-order valence-corrected chi connectivity index (χ1v) is 6.39. The van der Waals surface area contributed by atoms with Crippen molar-refractivity contribution in [3.05, 3.63) is 57.8 Å². The number of hydrogen-bond acceptors (Lipinski definition) is 2. The highest BCUT2D eigenvalue weighted by atomic mass is 79.9. The van der Waals surface area contributed by atoms with E-state index in [1.807, 2.05) is 0 Å². The van der Waals surface area contributed by atoms with Crippen LogP contribution in [0.25, 0.3) is 0 Å². The number of aryl methyl sites for hydroxylation is 1. The van der Waals surface area contributed by atoms with E-state index in [0.29, 0.717) is 27.0 Å². The third-order valence-electron chi connectivity index (χ3n) is 2.65. The summed E-state index contributed by atoms with van der Waals surface area (Å²) >= 11 is 3.29. The quantitative estimate of drug-likeness (QED) is 0.828. The molecule has 19 heavy (non-hydrogen) atoms. The number of hydrogen-bond donors (Lipinski definition) is 2. The van der Waals surface area contributed by atoms with Gasteiger partial charge in [-0.15, -0.1) is 0 Å². The van der Waals surface area contributed by atoms with Crippen LogP contribution < -0.4 is 11.1 Å². The van der Waals surface area contributed by atoms with E-state index in [2.05, 4.69) is 21.2 Å². The van der Waals surface area contributed by atoms with Gasteiger partial charge < -0.3 is 11.1 Å². The summed E-state index contributed by atoms with van der Waals surface area (Å²) in [6.45, 7) is 1.64. The van der Waals surface area contributed by atoms with Crippen LogP contribution in [0.1, 0.15) is 15.9 Å². The van der Waals surface area contributed by atoms with Crippen molar-refractivity contribution >= 4 is 33.2 Å². The number of nitrogens with one attached hydrogen (secondary N) is 1. The van der Waals surface area contributed by atoms with Crippen LogP contribution >= 0.6 is 15.9 Å². The molecular formula is C14H12BrFN2O. The highest BCUT2D eigenvalue weighted by Crippen LogP contribution is 2.21. The molecule has 2 rings (SSSR count). The molecule has 1 amide bonds. The van der Waals surface area contributed by atoms with Gasteiger partial charge in [0.1, 0.15) is 5.82 Å². The molecule has 0 aliphatic heterocycles. The summed E-state index contributed by atoms with van der Waals surface area (Å²) in [5.41, 5.74) is 7.60. The Morgan fingerprint density at radius 2 is 2.00 bits per heavy atom. The van der Waals surface area contributed by atoms with Crippen molar-refractivity contribution in [3.63, 3.8) is 0 Å². The molecule has 0 aromatic heterocycles. The number of rotatable bonds is 2. The number of nitrogen functional groups attached to an aromatic ring is 1. The van der Waals surface area contributed by atoms with Crippen LogP contribution in [0.15, 0.2) is 40.9 Å². The highest BCUT2D eigenvalue weighted by molar-refractivity contribution is 9.10. The maximum atomic E-state index is 13.1. The van der Waals surface area contributed by atoms with Gasteiger partial charge in [0.2, 0.25) is 0 Å². The molecular weight excluding hydrogens is 311 g/mol. The monoisotopic (exact) mass is 322 g/mol. The molecule has 2 aromatic rings. The van der Waals surface area contributed by atoms with Crippen LogP contribution in [0.3, 0.4) is 0 Å². The molecule has 0 spiro atoms. The third kappa shape index (κ3) is 3.12. The van der Waals surface area contributed by atoms with E-state index in [0.717, 1.165) is 0 Å². The van der Waals surface area contributed by atoms with Crippen LogP contribution in [-0.4, -0.2) is 5.91 Å². The summed E-state index contributed by atoms with van der Waals surface area (Å²) in [5, 5.41) is 2.70. The second kappa shape index (κ2) is 5.40. The van der Waals surface area contributed by atoms with Crippen LogP contribution in [0.2, 0.25) is 0 Å². The molecule has 0 bridgehead atoms. The second-order valence-corrected chi connectivity index (χ2v) is 5.01. The summed E-state index contributed by atoms with van der Waals surface area (Å²) in [4.78, 5) is 12.1. The molecule has 0 heterocycles. The molecule has 0 saturated carbocycles. The Morgan fingerprint density at radius 3 is 2.68 bits per heavy atom. The molecule has 0 aliphatic carbocycles. The number of nitrogens with two attached hydrogens (primary N) is 1. The van der Waals surface area contributed by atoms with Crippen molar-refractivity contribution < 1.29 is 9.18 Å². The fourth-order valence-electron chi connectivity index (χ4n) is 1.64. The molecule has 0 aliphatic rings. The molecule has 0 unspecified atom stereocenters. The average Bonchev–Trinajstić information content (AvgIpc) is 2.36. The van der Waals surface area contributed by atoms with Crippen molar-refractivity contribution in [2.75, 3.05) is 11.1 Å². The SMILES string of the molecule is Cc1cc(NC(=O)c2cc(N)ccc2Br)ccc1F. The van der Waals surface area contributed by atoms with Gasteiger partial charge in [0.15, 0.2) is 0 Å². The smallest absolute Gasteiger partial charge is 0.256 e. The minimum Gasteiger partial charge on any atom is -0.399 e. The van der Waals surface area contributed by atoms with E-state index in [4.69, 9.17) is 5.73 Å². The van der Waals surface area contributed by atoms with Crippen molar-refractivity contribution in [1.82, 2.24) is 0 Å². The lowest BCUT2D eigenvalue weighted by atomic mass is 10.1. The maximum Gasteiger partial charge on any atom is 0.256 e. The predicted molar refractivity (Wildman–Crippen MR) is 77.6 cm³/mol. The van der Waals surface area contributed by atoms with Crippen molar-refractivity contribution in [2.24, 2.45) is 0 Å². The zero-order valence-electron chi connectivity index (χ0n) is 10.2. The van der Waals surface area contributed by atoms with Crippen LogP contribution in [0.4, 0.5) is 15.8 Å². The number of amides is 1. The first-order valence-electron chi connectivity index (χ1n) is 5.60. The minimum atomic E-state index is -0.303. The number of halogens is 2. The minimum absolute atomic E-state index is 0.301. The fraction of sp³-hybridized carbons (Fsp3) is 0.0714. The van der Waals surface area contributed by atoms with Gasteiger partial charge in [0.25, 0.3) is 5.91 Å². The van der Waals surface area contributed by atoms with Crippen LogP contribution in [0.5, 0.6) is 0 Å². The van der Waals surface area contributed by atoms with Gasteiger partial charge in [-0.05, 0) is 64.8 Å². The summed E-state index contributed by atoms with van der Waals surface area (Å²) in [7, 11) is 0. The Labute approximate surface area is 118 Å². The lowest BCUT2D eigenvalue weighted by Crippen LogP contribution is -2.13. The van der Waals surface area contributed by atoms with Gasteiger partial charge in [-0.3, -0.25) is 4.79 Å². The van der Waals surface area contributed by atoms with Gasteiger partial charge in [-0.25, -0.2) is 4.39 Å². The molecule has 0 fully saturated rings. The van der Waals surface area contributed by atoms with Crippen LogP contribution in [-0.2, 0) is 0 Å². The maximum absolute atomic E-state index is 13.1. The van der Waals surface area contributed by atoms with E-state index in [1.54, 1.807) is 31.2 Å². The van der Waals surface area contributed by atoms with E-state index in [1.165, 1.54) is 12.1 Å². The van der Waals surface area contributed by atoms with Crippen molar-refractivity contribution in [2.45, 2.75) is 6.92 Å². The molecule has 3 N–H and O–H groups in total. The summed E-state index contributed by atoms with van der Waals surface area (Å²) in [6, 6.07) is 9.39. The topological polar surface area (TPSA) is 55.1 Å². The van der Waals surface area contributed by atoms with E-state index in [-0.39, 0.29) is 11.7 Å². The van der Waals surface area contributed by atoms with E-state index in [9.17, 15) is 9.18 Å². The highest BCUT2D eigenvalue weighted by Gasteiger charge is 2.11. The van der Waals surface area contributed by atoms with Gasteiger partial charge >= 0.3 is 0 Å². The van der Waals surface area contributed by atoms with Gasteiger partial charge in [-0.1, -0.05) is 0 Å². The van der Waals surface area contributed by atoms with Crippen molar-refractivity contribution in [3.8, 4) is 0 Å². The Kier molecular flexibility index (Phi) is 3.85. The Balaban J connectivity index is 2.25. The van der Waals surface area contributed by atoms with Gasteiger partial charge in [0.05, 0.1) is 5.56 Å². The predicted octanol–water partition coefficient (Wildman–Crippen LogP) is 3.73. The number of benzene rings is 2. The first kappa shape index (κ1) is 13.5. The molecule has 0 radical (unpaired) electrons. The third-order valence-corrected chi connectivity index (χ3v) is 3.34. The van der Waals surface area contributed by atoms with E-state index < -0.39 is 0 Å². The number of anilines is 2. The standard InChI is InChI=1S/C14H12BrFN2O/c1-8-6-10(3-5-13(8)16)18-14(19)11-7-9(17)2-4-12(11)15/h2-7H,17H2,1H3,(H,18,19). The second-order valence-electron chi connectivity index (χ2n) is 4.16. The molecule has 3 nitrogen and oxygen atoms in total. The average molecular weight is 323 g/mol. The Morgan fingerprint density at radius 1 is 1.26 bits per heavy atom. The zero-order chi connectivity index (χ0) is 14.0. The molecule has 2 aromatic carbocycles. The van der Waals surface area contributed by atoms with Crippen LogP contribution in [0, 0.1) is 12.7 Å². The first-order chi connectivity index (χ1) is 8.97.